The van der Waals surface area contributed by atoms with Gasteiger partial charge in [0.05, 0.1) is 12.7 Å². The van der Waals surface area contributed by atoms with E-state index >= 15 is 0 Å². The summed E-state index contributed by atoms with van der Waals surface area (Å²) in [4.78, 5) is 0. The Hall–Kier alpha value is -0.0800. The molecule has 0 aromatic rings. The van der Waals surface area contributed by atoms with Crippen LogP contribution >= 0.6 is 0 Å². The molecule has 84 valence electrons. The van der Waals surface area contributed by atoms with E-state index in [1.807, 2.05) is 7.05 Å². The molecule has 2 heteroatoms. The molecule has 14 heavy (non-hydrogen) atoms. The monoisotopic (exact) mass is 199 g/mol. The first-order valence-corrected chi connectivity index (χ1v) is 6.06. The number of rotatable bonds is 6. The van der Waals surface area contributed by atoms with E-state index in [4.69, 9.17) is 4.74 Å². The molecule has 1 aliphatic carbocycles. The molecule has 1 rings (SSSR count). The van der Waals surface area contributed by atoms with E-state index in [9.17, 15) is 0 Å². The average molecular weight is 199 g/mol. The van der Waals surface area contributed by atoms with Crippen molar-refractivity contribution in [1.29, 1.82) is 0 Å². The fraction of sp³-hybridized carbons (Fsp3) is 1.00. The molecular weight excluding hydrogens is 174 g/mol. The Bertz CT molecular complexity index is 143. The van der Waals surface area contributed by atoms with Gasteiger partial charge in [-0.05, 0) is 25.8 Å². The Kier molecular flexibility index (Phi) is 5.49. The van der Waals surface area contributed by atoms with Crippen LogP contribution in [-0.2, 0) is 4.74 Å². The smallest absolute Gasteiger partial charge is 0.0625 e. The quantitative estimate of drug-likeness (QED) is 0.710. The maximum absolute atomic E-state index is 5.92. The fourth-order valence-corrected chi connectivity index (χ4v) is 2.11. The van der Waals surface area contributed by atoms with Crippen molar-refractivity contribution in [2.45, 2.75) is 58.1 Å². The molecule has 0 aliphatic heterocycles. The van der Waals surface area contributed by atoms with Crippen molar-refractivity contribution >= 4 is 0 Å². The Morgan fingerprint density at radius 1 is 1.36 bits per heavy atom. The van der Waals surface area contributed by atoms with Crippen LogP contribution < -0.4 is 5.32 Å². The molecule has 0 saturated heterocycles. The molecule has 1 N–H and O–H groups in total. The van der Waals surface area contributed by atoms with Crippen molar-refractivity contribution < 1.29 is 4.74 Å². The maximum Gasteiger partial charge on any atom is 0.0625 e. The zero-order valence-corrected chi connectivity index (χ0v) is 9.88. The Morgan fingerprint density at radius 3 is 2.50 bits per heavy atom. The van der Waals surface area contributed by atoms with Gasteiger partial charge in [-0.25, -0.2) is 0 Å². The highest BCUT2D eigenvalue weighted by atomic mass is 16.5. The first-order valence-electron chi connectivity index (χ1n) is 6.06. The van der Waals surface area contributed by atoms with Crippen LogP contribution in [0.2, 0.25) is 0 Å². The van der Waals surface area contributed by atoms with Crippen molar-refractivity contribution in [2.24, 2.45) is 5.92 Å². The van der Waals surface area contributed by atoms with Gasteiger partial charge in [-0.3, -0.25) is 0 Å². The minimum absolute atomic E-state index is 0.528. The zero-order chi connectivity index (χ0) is 10.4. The second-order valence-electron chi connectivity index (χ2n) is 4.52. The molecule has 0 bridgehead atoms. The largest absolute Gasteiger partial charge is 0.377 e. The molecule has 0 amide bonds. The lowest BCUT2D eigenvalue weighted by Gasteiger charge is -2.24. The Balaban J connectivity index is 2.19. The summed E-state index contributed by atoms with van der Waals surface area (Å²) in [5.41, 5.74) is 0. The van der Waals surface area contributed by atoms with Crippen LogP contribution in [0.4, 0.5) is 0 Å². The highest BCUT2D eigenvalue weighted by Gasteiger charge is 2.19. The predicted octanol–water partition coefficient (Wildman–Crippen LogP) is 2.58. The van der Waals surface area contributed by atoms with Crippen molar-refractivity contribution in [1.82, 2.24) is 5.32 Å². The van der Waals surface area contributed by atoms with Gasteiger partial charge < -0.3 is 10.1 Å². The van der Waals surface area contributed by atoms with Crippen LogP contribution in [0, 0.1) is 5.92 Å². The van der Waals surface area contributed by atoms with Crippen LogP contribution in [0.1, 0.15) is 46.0 Å². The number of likely N-dealkylation sites (N-methyl/N-ethyl adjacent to an activating group) is 1. The summed E-state index contributed by atoms with van der Waals surface area (Å²) in [5, 5.41) is 3.35. The molecule has 0 spiro atoms. The first kappa shape index (κ1) is 12.0. The average Bonchev–Trinajstić information content (AvgIpc) is 2.71. The molecule has 2 unspecified atom stereocenters. The number of nitrogens with one attached hydrogen (secondary N) is 1. The van der Waals surface area contributed by atoms with E-state index in [2.05, 4.69) is 19.2 Å². The van der Waals surface area contributed by atoms with Crippen molar-refractivity contribution in [3.63, 3.8) is 0 Å². The van der Waals surface area contributed by atoms with Crippen molar-refractivity contribution in [3.8, 4) is 0 Å². The molecule has 0 radical (unpaired) electrons. The van der Waals surface area contributed by atoms with Crippen molar-refractivity contribution in [3.05, 3.63) is 0 Å². The Labute approximate surface area is 88.4 Å². The predicted molar refractivity (Wildman–Crippen MR) is 60.5 cm³/mol. The lowest BCUT2D eigenvalue weighted by Crippen LogP contribution is -2.37. The molecule has 1 aliphatic rings. The van der Waals surface area contributed by atoms with Gasteiger partial charge in [0.15, 0.2) is 0 Å². The molecular formula is C12H25NO. The number of hydrogen-bond acceptors (Lipinski definition) is 2. The number of hydrogen-bond donors (Lipinski definition) is 1. The van der Waals surface area contributed by atoms with Gasteiger partial charge >= 0.3 is 0 Å². The maximum atomic E-state index is 5.92. The summed E-state index contributed by atoms with van der Waals surface area (Å²) >= 11 is 0. The van der Waals surface area contributed by atoms with E-state index in [0.29, 0.717) is 18.1 Å². The van der Waals surface area contributed by atoms with Gasteiger partial charge in [0, 0.05) is 6.04 Å². The molecule has 0 heterocycles. The van der Waals surface area contributed by atoms with Crippen LogP contribution in [-0.4, -0.2) is 25.8 Å². The summed E-state index contributed by atoms with van der Waals surface area (Å²) < 4.78 is 5.92. The summed E-state index contributed by atoms with van der Waals surface area (Å²) in [6, 6.07) is 0.528. The third kappa shape index (κ3) is 3.58. The lowest BCUT2D eigenvalue weighted by molar-refractivity contribution is 0.0342. The SMILES string of the molecule is CCC(C)C(COC1CCCC1)NC. The summed E-state index contributed by atoms with van der Waals surface area (Å²) in [6.45, 7) is 5.42. The van der Waals surface area contributed by atoms with Gasteiger partial charge in [0.2, 0.25) is 0 Å². The van der Waals surface area contributed by atoms with Gasteiger partial charge in [-0.1, -0.05) is 33.1 Å². The van der Waals surface area contributed by atoms with Gasteiger partial charge in [-0.15, -0.1) is 0 Å². The standard InChI is InChI=1S/C12H25NO/c1-4-10(2)12(13-3)9-14-11-7-5-6-8-11/h10-13H,4-9H2,1-3H3. The normalized spacial score (nSPS) is 22.5. The fourth-order valence-electron chi connectivity index (χ4n) is 2.11. The van der Waals surface area contributed by atoms with E-state index in [0.717, 1.165) is 6.61 Å². The molecule has 0 aromatic carbocycles. The lowest BCUT2D eigenvalue weighted by atomic mass is 10.0. The minimum Gasteiger partial charge on any atom is -0.377 e. The molecule has 1 saturated carbocycles. The van der Waals surface area contributed by atoms with Gasteiger partial charge in [0.25, 0.3) is 0 Å². The second-order valence-corrected chi connectivity index (χ2v) is 4.52. The minimum atomic E-state index is 0.528. The summed E-state index contributed by atoms with van der Waals surface area (Å²) in [6.07, 6.45) is 7.04. The first-order chi connectivity index (χ1) is 6.77. The van der Waals surface area contributed by atoms with E-state index in [-0.39, 0.29) is 0 Å². The summed E-state index contributed by atoms with van der Waals surface area (Å²) in [5.74, 6) is 0.710. The molecule has 2 nitrogen and oxygen atoms in total. The molecule has 1 fully saturated rings. The Morgan fingerprint density at radius 2 is 2.00 bits per heavy atom. The highest BCUT2D eigenvalue weighted by Crippen LogP contribution is 2.21. The van der Waals surface area contributed by atoms with Gasteiger partial charge in [0.1, 0.15) is 0 Å². The second kappa shape index (κ2) is 6.41. The summed E-state index contributed by atoms with van der Waals surface area (Å²) in [7, 11) is 2.04. The molecule has 2 atom stereocenters. The van der Waals surface area contributed by atoms with Crippen LogP contribution in [0.3, 0.4) is 0 Å². The van der Waals surface area contributed by atoms with E-state index in [1.165, 1.54) is 32.1 Å². The van der Waals surface area contributed by atoms with Crippen molar-refractivity contribution in [2.75, 3.05) is 13.7 Å². The molecule has 0 aromatic heterocycles. The topological polar surface area (TPSA) is 21.3 Å². The van der Waals surface area contributed by atoms with E-state index < -0.39 is 0 Å². The van der Waals surface area contributed by atoms with E-state index in [1.54, 1.807) is 0 Å². The van der Waals surface area contributed by atoms with Crippen LogP contribution in [0.15, 0.2) is 0 Å². The number of ether oxygens (including phenoxy) is 1. The third-order valence-corrected chi connectivity index (χ3v) is 3.52. The third-order valence-electron chi connectivity index (χ3n) is 3.52. The van der Waals surface area contributed by atoms with Crippen LogP contribution in [0.5, 0.6) is 0 Å². The highest BCUT2D eigenvalue weighted by molar-refractivity contribution is 4.73. The van der Waals surface area contributed by atoms with Gasteiger partial charge in [-0.2, -0.15) is 0 Å². The zero-order valence-electron chi connectivity index (χ0n) is 9.88. The van der Waals surface area contributed by atoms with Crippen LogP contribution in [0.25, 0.3) is 0 Å².